The van der Waals surface area contributed by atoms with Crippen molar-refractivity contribution in [2.45, 2.75) is 18.6 Å². The van der Waals surface area contributed by atoms with Gasteiger partial charge in [0.05, 0.1) is 5.02 Å². The van der Waals surface area contributed by atoms with E-state index in [1.807, 2.05) is 16.3 Å². The van der Waals surface area contributed by atoms with E-state index in [0.717, 1.165) is 4.88 Å². The van der Waals surface area contributed by atoms with Gasteiger partial charge >= 0.3 is 0 Å². The van der Waals surface area contributed by atoms with Gasteiger partial charge in [0.2, 0.25) is 5.67 Å². The predicted molar refractivity (Wildman–Crippen MR) is 62.3 cm³/mol. The Morgan fingerprint density at radius 2 is 2.50 bits per heavy atom. The molecule has 0 saturated carbocycles. The molecule has 0 aromatic carbocycles. The lowest BCUT2D eigenvalue weighted by atomic mass is 10.1. The van der Waals surface area contributed by atoms with E-state index in [1.54, 1.807) is 0 Å². The van der Waals surface area contributed by atoms with E-state index in [-0.39, 0.29) is 13.0 Å². The van der Waals surface area contributed by atoms with Crippen molar-refractivity contribution in [1.82, 2.24) is 4.90 Å². The zero-order valence-corrected chi connectivity index (χ0v) is 10.2. The molecule has 0 bridgehead atoms. The normalized spacial score (nSPS) is 26.1. The van der Waals surface area contributed by atoms with Crippen LogP contribution in [-0.2, 0) is 11.3 Å². The Labute approximate surface area is 102 Å². The van der Waals surface area contributed by atoms with Crippen LogP contribution < -0.4 is 5.73 Å². The number of alkyl halides is 1. The molecule has 3 nitrogen and oxygen atoms in total. The van der Waals surface area contributed by atoms with Gasteiger partial charge in [-0.1, -0.05) is 11.6 Å². The Morgan fingerprint density at radius 3 is 3.00 bits per heavy atom. The summed E-state index contributed by atoms with van der Waals surface area (Å²) in [4.78, 5) is 13.9. The number of nitrogens with zero attached hydrogens (tertiary/aromatic N) is 1. The minimum absolute atomic E-state index is 0.0812. The van der Waals surface area contributed by atoms with Gasteiger partial charge in [0.15, 0.2) is 0 Å². The molecule has 1 aromatic heterocycles. The molecule has 0 aliphatic carbocycles. The van der Waals surface area contributed by atoms with Gasteiger partial charge in [-0.25, -0.2) is 4.39 Å². The fraction of sp³-hybridized carbons (Fsp3) is 0.500. The SMILES string of the molecule is NC(=O)C1(F)CCN(Cc2cc(Cl)cs2)C1. The number of hydrogen-bond acceptors (Lipinski definition) is 3. The molecule has 1 amide bonds. The number of likely N-dealkylation sites (tertiary alicyclic amines) is 1. The number of nitrogens with two attached hydrogens (primary N) is 1. The lowest BCUT2D eigenvalue weighted by molar-refractivity contribution is -0.128. The summed E-state index contributed by atoms with van der Waals surface area (Å²) in [5, 5.41) is 2.53. The second-order valence-electron chi connectivity index (χ2n) is 4.02. The molecule has 1 saturated heterocycles. The number of carbonyl (C=O) groups is 1. The zero-order valence-electron chi connectivity index (χ0n) is 8.58. The van der Waals surface area contributed by atoms with Gasteiger partial charge in [-0.3, -0.25) is 9.69 Å². The molecule has 2 N–H and O–H groups in total. The number of rotatable bonds is 3. The van der Waals surface area contributed by atoms with Crippen LogP contribution in [0.15, 0.2) is 11.4 Å². The van der Waals surface area contributed by atoms with Crippen LogP contribution in [0.2, 0.25) is 5.02 Å². The van der Waals surface area contributed by atoms with Crippen LogP contribution in [0.1, 0.15) is 11.3 Å². The number of thiophene rings is 1. The Hall–Kier alpha value is -0.650. The summed E-state index contributed by atoms with van der Waals surface area (Å²) in [5.74, 6) is -0.862. The summed E-state index contributed by atoms with van der Waals surface area (Å²) in [6, 6.07) is 1.86. The third kappa shape index (κ3) is 2.36. The highest BCUT2D eigenvalue weighted by atomic mass is 35.5. The monoisotopic (exact) mass is 262 g/mol. The summed E-state index contributed by atoms with van der Waals surface area (Å²) in [6.45, 7) is 1.25. The van der Waals surface area contributed by atoms with Crippen molar-refractivity contribution in [3.05, 3.63) is 21.3 Å². The molecule has 1 fully saturated rings. The average Bonchev–Trinajstić information content (AvgIpc) is 2.75. The summed E-state index contributed by atoms with van der Waals surface area (Å²) >= 11 is 7.33. The molecule has 2 rings (SSSR count). The summed E-state index contributed by atoms with van der Waals surface area (Å²) in [6.07, 6.45) is 0.182. The van der Waals surface area contributed by atoms with E-state index in [9.17, 15) is 9.18 Å². The molecule has 6 heteroatoms. The molecule has 1 atom stereocenters. The third-order valence-electron chi connectivity index (χ3n) is 2.74. The number of halogens is 2. The van der Waals surface area contributed by atoms with Crippen molar-refractivity contribution in [2.24, 2.45) is 5.73 Å². The molecule has 1 aliphatic rings. The smallest absolute Gasteiger partial charge is 0.256 e. The fourth-order valence-corrected chi connectivity index (χ4v) is 2.96. The molecular formula is C10H12ClFN2OS. The molecule has 1 aliphatic heterocycles. The summed E-state index contributed by atoms with van der Waals surface area (Å²) in [5.41, 5.74) is 3.17. The van der Waals surface area contributed by atoms with E-state index in [0.29, 0.717) is 18.1 Å². The van der Waals surface area contributed by atoms with Crippen molar-refractivity contribution in [3.63, 3.8) is 0 Å². The predicted octanol–water partition coefficient (Wildman–Crippen LogP) is 1.80. The highest BCUT2D eigenvalue weighted by Gasteiger charge is 2.43. The molecule has 88 valence electrons. The Kier molecular flexibility index (Phi) is 3.19. The molecular weight excluding hydrogens is 251 g/mol. The van der Waals surface area contributed by atoms with Crippen molar-refractivity contribution < 1.29 is 9.18 Å². The van der Waals surface area contributed by atoms with Crippen molar-refractivity contribution in [1.29, 1.82) is 0 Å². The van der Waals surface area contributed by atoms with Gasteiger partial charge in [-0.2, -0.15) is 0 Å². The lowest BCUT2D eigenvalue weighted by Crippen LogP contribution is -2.42. The van der Waals surface area contributed by atoms with E-state index < -0.39 is 11.6 Å². The van der Waals surface area contributed by atoms with E-state index in [2.05, 4.69) is 0 Å². The first-order valence-corrected chi connectivity index (χ1v) is 6.19. The molecule has 2 heterocycles. The zero-order chi connectivity index (χ0) is 11.8. The van der Waals surface area contributed by atoms with Crippen LogP contribution in [0.4, 0.5) is 4.39 Å². The number of primary amides is 1. The van der Waals surface area contributed by atoms with Gasteiger partial charge in [0.1, 0.15) is 0 Å². The summed E-state index contributed by atoms with van der Waals surface area (Å²) in [7, 11) is 0. The quantitative estimate of drug-likeness (QED) is 0.903. The first kappa shape index (κ1) is 11.8. The fourth-order valence-electron chi connectivity index (χ4n) is 1.84. The van der Waals surface area contributed by atoms with Gasteiger partial charge in [-0.15, -0.1) is 11.3 Å². The van der Waals surface area contributed by atoms with Gasteiger partial charge in [0, 0.05) is 36.3 Å². The van der Waals surface area contributed by atoms with Crippen molar-refractivity contribution in [2.75, 3.05) is 13.1 Å². The minimum atomic E-state index is -1.86. The maximum absolute atomic E-state index is 13.9. The third-order valence-corrected chi connectivity index (χ3v) is 4.01. The van der Waals surface area contributed by atoms with Gasteiger partial charge in [0.25, 0.3) is 5.91 Å². The van der Waals surface area contributed by atoms with E-state index in [1.165, 1.54) is 11.3 Å². The van der Waals surface area contributed by atoms with Gasteiger partial charge in [-0.05, 0) is 6.07 Å². The maximum Gasteiger partial charge on any atom is 0.256 e. The largest absolute Gasteiger partial charge is 0.367 e. The Morgan fingerprint density at radius 1 is 1.75 bits per heavy atom. The van der Waals surface area contributed by atoms with Gasteiger partial charge < -0.3 is 5.73 Å². The number of carbonyl (C=O) groups excluding carboxylic acids is 1. The highest BCUT2D eigenvalue weighted by Crippen LogP contribution is 2.28. The van der Waals surface area contributed by atoms with Crippen LogP contribution in [-0.4, -0.2) is 29.6 Å². The second-order valence-corrected chi connectivity index (χ2v) is 5.45. The standard InChI is InChI=1S/C10H12ClFN2OS/c11-7-3-8(16-5-7)4-14-2-1-10(12,6-14)9(13)15/h3,5H,1-2,4,6H2,(H2,13,15). The first-order valence-electron chi connectivity index (χ1n) is 4.94. The molecule has 1 unspecified atom stereocenters. The molecule has 16 heavy (non-hydrogen) atoms. The molecule has 0 spiro atoms. The summed E-state index contributed by atoms with van der Waals surface area (Å²) < 4.78 is 13.9. The van der Waals surface area contributed by atoms with E-state index >= 15 is 0 Å². The lowest BCUT2D eigenvalue weighted by Gasteiger charge is -2.17. The molecule has 0 radical (unpaired) electrons. The number of hydrogen-bond donors (Lipinski definition) is 1. The first-order chi connectivity index (χ1) is 7.49. The van der Waals surface area contributed by atoms with Crippen LogP contribution in [0.25, 0.3) is 0 Å². The highest BCUT2D eigenvalue weighted by molar-refractivity contribution is 7.10. The second kappa shape index (κ2) is 4.31. The Balaban J connectivity index is 1.97. The van der Waals surface area contributed by atoms with Crippen molar-refractivity contribution >= 4 is 28.8 Å². The molecule has 1 aromatic rings. The maximum atomic E-state index is 13.9. The van der Waals surface area contributed by atoms with Crippen LogP contribution in [0.5, 0.6) is 0 Å². The Bertz CT molecular complexity index is 411. The van der Waals surface area contributed by atoms with Crippen LogP contribution >= 0.6 is 22.9 Å². The number of amides is 1. The topological polar surface area (TPSA) is 46.3 Å². The van der Waals surface area contributed by atoms with Crippen LogP contribution in [0.3, 0.4) is 0 Å². The van der Waals surface area contributed by atoms with Crippen LogP contribution in [0, 0.1) is 0 Å². The average molecular weight is 263 g/mol. The van der Waals surface area contributed by atoms with E-state index in [4.69, 9.17) is 17.3 Å². The van der Waals surface area contributed by atoms with Crippen molar-refractivity contribution in [3.8, 4) is 0 Å². The minimum Gasteiger partial charge on any atom is -0.367 e.